The van der Waals surface area contributed by atoms with E-state index in [-0.39, 0.29) is 12.1 Å². The summed E-state index contributed by atoms with van der Waals surface area (Å²) in [6, 6.07) is -0.578. The van der Waals surface area contributed by atoms with Gasteiger partial charge in [0.05, 0.1) is 6.61 Å². The Morgan fingerprint density at radius 2 is 2.08 bits per heavy atom. The molecule has 1 saturated carbocycles. The van der Waals surface area contributed by atoms with E-state index < -0.39 is 12.0 Å². The molecule has 0 spiro atoms. The summed E-state index contributed by atoms with van der Waals surface area (Å²) in [4.78, 5) is 10.6. The van der Waals surface area contributed by atoms with Gasteiger partial charge in [-0.1, -0.05) is 12.8 Å². The summed E-state index contributed by atoms with van der Waals surface area (Å²) in [6.45, 7) is 1.64. The molecule has 1 aliphatic carbocycles. The summed E-state index contributed by atoms with van der Waals surface area (Å²) in [7, 11) is 0. The van der Waals surface area contributed by atoms with E-state index in [9.17, 15) is 9.90 Å². The lowest BCUT2D eigenvalue weighted by Crippen LogP contribution is -2.52. The molecule has 1 rings (SSSR count). The summed E-state index contributed by atoms with van der Waals surface area (Å²) in [5, 5.41) is 20.9. The van der Waals surface area contributed by atoms with Crippen LogP contribution in [0.2, 0.25) is 0 Å². The highest BCUT2D eigenvalue weighted by atomic mass is 16.4. The second-order valence-corrected chi connectivity index (χ2v) is 3.85. The quantitative estimate of drug-likeness (QED) is 0.594. The van der Waals surface area contributed by atoms with Crippen LogP contribution in [0.4, 0.5) is 0 Å². The van der Waals surface area contributed by atoms with Gasteiger partial charge in [-0.3, -0.25) is 10.1 Å². The van der Waals surface area contributed by atoms with Crippen molar-refractivity contribution in [2.24, 2.45) is 0 Å². The summed E-state index contributed by atoms with van der Waals surface area (Å²) >= 11 is 0. The van der Waals surface area contributed by atoms with Crippen molar-refractivity contribution < 1.29 is 15.0 Å². The van der Waals surface area contributed by atoms with E-state index in [1.54, 1.807) is 6.92 Å². The molecule has 3 N–H and O–H groups in total. The molecule has 1 atom stereocenters. The first-order chi connectivity index (χ1) is 6.09. The van der Waals surface area contributed by atoms with E-state index in [2.05, 4.69) is 5.32 Å². The maximum atomic E-state index is 10.6. The molecule has 0 radical (unpaired) electrons. The molecular weight excluding hydrogens is 170 g/mol. The SMILES string of the molecule is C[C@@H](NC1(CO)CCCC1)C(=O)O. The summed E-state index contributed by atoms with van der Waals surface area (Å²) < 4.78 is 0. The van der Waals surface area contributed by atoms with Crippen LogP contribution in [0.1, 0.15) is 32.6 Å². The second-order valence-electron chi connectivity index (χ2n) is 3.85. The Hall–Kier alpha value is -0.610. The molecule has 4 heteroatoms. The lowest BCUT2D eigenvalue weighted by molar-refractivity contribution is -0.139. The number of aliphatic hydroxyl groups excluding tert-OH is 1. The number of nitrogens with one attached hydrogen (secondary N) is 1. The highest BCUT2D eigenvalue weighted by Gasteiger charge is 2.35. The van der Waals surface area contributed by atoms with Gasteiger partial charge in [0.15, 0.2) is 0 Å². The van der Waals surface area contributed by atoms with Gasteiger partial charge in [-0.05, 0) is 19.8 Å². The van der Waals surface area contributed by atoms with Crippen LogP contribution in [0.3, 0.4) is 0 Å². The Morgan fingerprint density at radius 1 is 1.54 bits per heavy atom. The standard InChI is InChI=1S/C9H17NO3/c1-7(8(12)13)10-9(6-11)4-2-3-5-9/h7,10-11H,2-6H2,1H3,(H,12,13)/t7-/m1/s1. The van der Waals surface area contributed by atoms with Crippen molar-refractivity contribution in [2.45, 2.75) is 44.2 Å². The van der Waals surface area contributed by atoms with Gasteiger partial charge in [0.25, 0.3) is 0 Å². The van der Waals surface area contributed by atoms with Gasteiger partial charge >= 0.3 is 5.97 Å². The number of carboxylic acid groups (broad SMARTS) is 1. The van der Waals surface area contributed by atoms with Crippen LogP contribution in [0.5, 0.6) is 0 Å². The third-order valence-corrected chi connectivity index (χ3v) is 2.76. The maximum absolute atomic E-state index is 10.6. The fraction of sp³-hybridized carbons (Fsp3) is 0.889. The van der Waals surface area contributed by atoms with Crippen molar-refractivity contribution in [1.82, 2.24) is 5.32 Å². The number of hydrogen-bond acceptors (Lipinski definition) is 3. The van der Waals surface area contributed by atoms with Crippen molar-refractivity contribution >= 4 is 5.97 Å². The molecule has 0 aromatic rings. The Kier molecular flexibility index (Phi) is 3.27. The van der Waals surface area contributed by atoms with E-state index in [1.807, 2.05) is 0 Å². The lowest BCUT2D eigenvalue weighted by atomic mass is 9.98. The number of rotatable bonds is 4. The smallest absolute Gasteiger partial charge is 0.320 e. The lowest BCUT2D eigenvalue weighted by Gasteiger charge is -2.30. The average molecular weight is 187 g/mol. The zero-order chi connectivity index (χ0) is 9.90. The maximum Gasteiger partial charge on any atom is 0.320 e. The molecule has 0 bridgehead atoms. The van der Waals surface area contributed by atoms with Crippen molar-refractivity contribution in [2.75, 3.05) is 6.61 Å². The molecule has 4 nitrogen and oxygen atoms in total. The van der Waals surface area contributed by atoms with E-state index in [0.29, 0.717) is 0 Å². The average Bonchev–Trinajstić information content (AvgIpc) is 2.54. The van der Waals surface area contributed by atoms with Crippen LogP contribution in [0.25, 0.3) is 0 Å². The van der Waals surface area contributed by atoms with Crippen LogP contribution in [0, 0.1) is 0 Å². The van der Waals surface area contributed by atoms with Gasteiger partial charge in [-0.25, -0.2) is 0 Å². The summed E-state index contributed by atoms with van der Waals surface area (Å²) in [5.74, 6) is -0.861. The number of carboxylic acids is 1. The first kappa shape index (κ1) is 10.5. The van der Waals surface area contributed by atoms with E-state index in [0.717, 1.165) is 25.7 Å². The topological polar surface area (TPSA) is 69.6 Å². The van der Waals surface area contributed by atoms with E-state index in [1.165, 1.54) is 0 Å². The van der Waals surface area contributed by atoms with Gasteiger partial charge in [-0.15, -0.1) is 0 Å². The van der Waals surface area contributed by atoms with Gasteiger partial charge in [0.1, 0.15) is 6.04 Å². The molecule has 0 aliphatic heterocycles. The summed E-state index contributed by atoms with van der Waals surface area (Å²) in [5.41, 5.74) is -0.336. The molecule has 0 amide bonds. The van der Waals surface area contributed by atoms with Crippen LogP contribution in [0.15, 0.2) is 0 Å². The zero-order valence-corrected chi connectivity index (χ0v) is 7.92. The summed E-state index contributed by atoms with van der Waals surface area (Å²) in [6.07, 6.45) is 3.89. The fourth-order valence-corrected chi connectivity index (χ4v) is 1.92. The molecule has 0 aromatic heterocycles. The fourth-order valence-electron chi connectivity index (χ4n) is 1.92. The molecule has 76 valence electrons. The predicted octanol–water partition coefficient (Wildman–Crippen LogP) is 0.354. The van der Waals surface area contributed by atoms with Crippen LogP contribution in [-0.4, -0.2) is 34.4 Å². The monoisotopic (exact) mass is 187 g/mol. The highest BCUT2D eigenvalue weighted by Crippen LogP contribution is 2.29. The Balaban J connectivity index is 2.52. The number of hydrogen-bond donors (Lipinski definition) is 3. The largest absolute Gasteiger partial charge is 0.480 e. The normalized spacial score (nSPS) is 22.9. The Bertz CT molecular complexity index is 187. The Morgan fingerprint density at radius 3 is 2.46 bits per heavy atom. The minimum Gasteiger partial charge on any atom is -0.480 e. The second kappa shape index (κ2) is 4.07. The molecule has 0 aromatic carbocycles. The number of aliphatic hydroxyl groups is 1. The van der Waals surface area contributed by atoms with Crippen LogP contribution < -0.4 is 5.32 Å². The molecular formula is C9H17NO3. The van der Waals surface area contributed by atoms with E-state index in [4.69, 9.17) is 5.11 Å². The van der Waals surface area contributed by atoms with Crippen LogP contribution >= 0.6 is 0 Å². The third kappa shape index (κ3) is 2.42. The predicted molar refractivity (Wildman–Crippen MR) is 48.5 cm³/mol. The molecule has 0 saturated heterocycles. The first-order valence-corrected chi connectivity index (χ1v) is 4.71. The first-order valence-electron chi connectivity index (χ1n) is 4.71. The van der Waals surface area contributed by atoms with Crippen molar-refractivity contribution in [3.8, 4) is 0 Å². The van der Waals surface area contributed by atoms with Crippen molar-refractivity contribution in [1.29, 1.82) is 0 Å². The highest BCUT2D eigenvalue weighted by molar-refractivity contribution is 5.73. The van der Waals surface area contributed by atoms with Gasteiger partial charge in [0, 0.05) is 5.54 Å². The molecule has 1 fully saturated rings. The molecule has 0 heterocycles. The van der Waals surface area contributed by atoms with Gasteiger partial charge < -0.3 is 10.2 Å². The number of carbonyl (C=O) groups is 1. The molecule has 0 unspecified atom stereocenters. The minimum atomic E-state index is -0.861. The van der Waals surface area contributed by atoms with Crippen molar-refractivity contribution in [3.63, 3.8) is 0 Å². The van der Waals surface area contributed by atoms with Gasteiger partial charge in [-0.2, -0.15) is 0 Å². The van der Waals surface area contributed by atoms with Crippen molar-refractivity contribution in [3.05, 3.63) is 0 Å². The Labute approximate surface area is 78.0 Å². The molecule has 1 aliphatic rings. The van der Waals surface area contributed by atoms with Gasteiger partial charge in [0.2, 0.25) is 0 Å². The third-order valence-electron chi connectivity index (χ3n) is 2.76. The molecule has 13 heavy (non-hydrogen) atoms. The van der Waals surface area contributed by atoms with E-state index >= 15 is 0 Å². The number of aliphatic carboxylic acids is 1. The van der Waals surface area contributed by atoms with Crippen LogP contribution in [-0.2, 0) is 4.79 Å². The zero-order valence-electron chi connectivity index (χ0n) is 7.92. The minimum absolute atomic E-state index is 0.0324.